The maximum atomic E-state index is 11.4. The number of nitro groups is 1. The molecule has 7 heteroatoms. The molecule has 0 unspecified atom stereocenters. The van der Waals surface area contributed by atoms with E-state index in [1.54, 1.807) is 12.1 Å². The summed E-state index contributed by atoms with van der Waals surface area (Å²) in [5.74, 6) is 4.43. The Kier molecular flexibility index (Phi) is 2.29. The summed E-state index contributed by atoms with van der Waals surface area (Å²) >= 11 is 0. The number of H-pyrrole nitrogens is 1. The van der Waals surface area contributed by atoms with Crippen LogP contribution in [0.2, 0.25) is 0 Å². The number of aromatic amines is 1. The molecule has 2 rings (SSSR count). The number of amides is 1. The van der Waals surface area contributed by atoms with Gasteiger partial charge in [-0.05, 0) is 6.07 Å². The smallest absolute Gasteiger partial charge is 0.279 e. The van der Waals surface area contributed by atoms with E-state index in [1.165, 1.54) is 12.3 Å². The van der Waals surface area contributed by atoms with Crippen molar-refractivity contribution in [2.75, 3.05) is 0 Å². The van der Waals surface area contributed by atoms with Gasteiger partial charge in [0, 0.05) is 12.3 Å². The Morgan fingerprint density at radius 1 is 1.50 bits per heavy atom. The average Bonchev–Trinajstić information content (AvgIpc) is 2.71. The maximum absolute atomic E-state index is 11.4. The third-order valence-electron chi connectivity index (χ3n) is 2.26. The summed E-state index contributed by atoms with van der Waals surface area (Å²) in [6.45, 7) is 0. The van der Waals surface area contributed by atoms with Crippen molar-refractivity contribution in [3.05, 3.63) is 40.1 Å². The van der Waals surface area contributed by atoms with Crippen LogP contribution in [0.4, 0.5) is 5.69 Å². The van der Waals surface area contributed by atoms with Gasteiger partial charge < -0.3 is 4.98 Å². The van der Waals surface area contributed by atoms with Crippen molar-refractivity contribution in [3.63, 3.8) is 0 Å². The van der Waals surface area contributed by atoms with E-state index in [0.717, 1.165) is 0 Å². The van der Waals surface area contributed by atoms with E-state index in [-0.39, 0.29) is 16.6 Å². The molecule has 1 heterocycles. The minimum Gasteiger partial charge on any atom is -0.360 e. The average molecular weight is 220 g/mol. The largest absolute Gasteiger partial charge is 0.360 e. The summed E-state index contributed by atoms with van der Waals surface area (Å²) < 4.78 is 0. The highest BCUT2D eigenvalue weighted by atomic mass is 16.6. The Balaban J connectivity index is 2.77. The predicted octanol–water partition coefficient (Wildman–Crippen LogP) is 0.680. The van der Waals surface area contributed by atoms with Crippen molar-refractivity contribution in [2.45, 2.75) is 0 Å². The molecule has 82 valence electrons. The number of aromatic nitrogens is 1. The van der Waals surface area contributed by atoms with E-state index < -0.39 is 10.8 Å². The number of rotatable bonds is 2. The quantitative estimate of drug-likeness (QED) is 0.299. The highest BCUT2D eigenvalue weighted by Crippen LogP contribution is 2.28. The second-order valence-electron chi connectivity index (χ2n) is 3.13. The third kappa shape index (κ3) is 1.39. The number of hydrazine groups is 1. The van der Waals surface area contributed by atoms with Crippen LogP contribution in [0.1, 0.15) is 10.4 Å². The van der Waals surface area contributed by atoms with Crippen molar-refractivity contribution >= 4 is 22.5 Å². The number of hydrogen-bond acceptors (Lipinski definition) is 4. The van der Waals surface area contributed by atoms with Crippen LogP contribution in [0.5, 0.6) is 0 Å². The number of fused-ring (bicyclic) bond motifs is 1. The molecule has 16 heavy (non-hydrogen) atoms. The standard InChI is InChI=1S/C9H8N4O3/c10-12-9(14)5-4-11-6-2-1-3-7(8(5)6)13(15)16/h1-4,11H,10H2,(H,12,14). The van der Waals surface area contributed by atoms with E-state index in [4.69, 9.17) is 5.84 Å². The Bertz CT molecular complexity index is 575. The molecule has 0 aliphatic heterocycles. The minimum atomic E-state index is -0.569. The van der Waals surface area contributed by atoms with Crippen LogP contribution in [-0.4, -0.2) is 15.8 Å². The Morgan fingerprint density at radius 2 is 2.25 bits per heavy atom. The monoisotopic (exact) mass is 220 g/mol. The van der Waals surface area contributed by atoms with Gasteiger partial charge in [0.1, 0.15) is 0 Å². The van der Waals surface area contributed by atoms with Gasteiger partial charge >= 0.3 is 0 Å². The summed E-state index contributed by atoms with van der Waals surface area (Å²) in [5, 5.41) is 11.1. The number of nitrogen functional groups attached to an aromatic ring is 1. The van der Waals surface area contributed by atoms with Crippen molar-refractivity contribution in [1.82, 2.24) is 10.4 Å². The number of benzene rings is 1. The minimum absolute atomic E-state index is 0.127. The molecule has 0 bridgehead atoms. The molecule has 4 N–H and O–H groups in total. The van der Waals surface area contributed by atoms with Crippen LogP contribution >= 0.6 is 0 Å². The van der Waals surface area contributed by atoms with Gasteiger partial charge in [-0.1, -0.05) is 6.07 Å². The Labute approximate surface area is 89.4 Å². The summed E-state index contributed by atoms with van der Waals surface area (Å²) in [5.41, 5.74) is 2.50. The van der Waals surface area contributed by atoms with Crippen LogP contribution in [0.25, 0.3) is 10.9 Å². The van der Waals surface area contributed by atoms with E-state index in [1.807, 2.05) is 5.43 Å². The van der Waals surface area contributed by atoms with Gasteiger partial charge in [0.2, 0.25) is 0 Å². The van der Waals surface area contributed by atoms with Crippen LogP contribution in [0.15, 0.2) is 24.4 Å². The lowest BCUT2D eigenvalue weighted by atomic mass is 10.1. The first-order chi connectivity index (χ1) is 7.65. The van der Waals surface area contributed by atoms with Crippen LogP contribution in [0.3, 0.4) is 0 Å². The lowest BCUT2D eigenvalue weighted by Crippen LogP contribution is -2.29. The second kappa shape index (κ2) is 3.63. The van der Waals surface area contributed by atoms with Crippen LogP contribution in [-0.2, 0) is 0 Å². The molecule has 0 saturated heterocycles. The first-order valence-electron chi connectivity index (χ1n) is 4.40. The summed E-state index contributed by atoms with van der Waals surface area (Å²) in [4.78, 5) is 24.4. The lowest BCUT2D eigenvalue weighted by Gasteiger charge is -1.98. The van der Waals surface area contributed by atoms with Crippen molar-refractivity contribution in [2.24, 2.45) is 5.84 Å². The fourth-order valence-corrected chi connectivity index (χ4v) is 1.57. The molecule has 0 saturated carbocycles. The van der Waals surface area contributed by atoms with E-state index in [9.17, 15) is 14.9 Å². The molecule has 1 amide bonds. The van der Waals surface area contributed by atoms with Gasteiger partial charge in [-0.25, -0.2) is 5.84 Å². The Hall–Kier alpha value is -2.41. The number of nitro benzene ring substituents is 1. The number of non-ortho nitro benzene ring substituents is 1. The number of nitrogens with zero attached hydrogens (tertiary/aromatic N) is 1. The number of carbonyl (C=O) groups excluding carboxylic acids is 1. The molecule has 7 nitrogen and oxygen atoms in total. The first-order valence-corrected chi connectivity index (χ1v) is 4.40. The molecule has 1 aromatic heterocycles. The normalized spacial score (nSPS) is 10.3. The third-order valence-corrected chi connectivity index (χ3v) is 2.26. The second-order valence-corrected chi connectivity index (χ2v) is 3.13. The van der Waals surface area contributed by atoms with Gasteiger partial charge in [-0.2, -0.15) is 0 Å². The highest BCUT2D eigenvalue weighted by Gasteiger charge is 2.19. The molecule has 0 fully saturated rings. The molecule has 2 aromatic rings. The van der Waals surface area contributed by atoms with Crippen molar-refractivity contribution < 1.29 is 9.72 Å². The van der Waals surface area contributed by atoms with Crippen molar-refractivity contribution in [1.29, 1.82) is 0 Å². The highest BCUT2D eigenvalue weighted by molar-refractivity contribution is 6.09. The molecule has 0 radical (unpaired) electrons. The molecule has 0 spiro atoms. The fraction of sp³-hybridized carbons (Fsp3) is 0. The molecular formula is C9H8N4O3. The summed E-state index contributed by atoms with van der Waals surface area (Å²) in [6.07, 6.45) is 1.39. The van der Waals surface area contributed by atoms with Crippen LogP contribution < -0.4 is 11.3 Å². The number of nitrogens with two attached hydrogens (primary N) is 1. The van der Waals surface area contributed by atoms with Gasteiger partial charge in [-0.15, -0.1) is 0 Å². The topological polar surface area (TPSA) is 114 Å². The first kappa shape index (κ1) is 10.1. The zero-order valence-corrected chi connectivity index (χ0v) is 8.06. The van der Waals surface area contributed by atoms with E-state index >= 15 is 0 Å². The van der Waals surface area contributed by atoms with E-state index in [2.05, 4.69) is 4.98 Å². The predicted molar refractivity (Wildman–Crippen MR) is 56.6 cm³/mol. The molecular weight excluding hydrogens is 212 g/mol. The molecule has 1 aromatic carbocycles. The van der Waals surface area contributed by atoms with Gasteiger partial charge in [0.15, 0.2) is 0 Å². The zero-order chi connectivity index (χ0) is 11.7. The lowest BCUT2D eigenvalue weighted by molar-refractivity contribution is -0.383. The van der Waals surface area contributed by atoms with E-state index in [0.29, 0.717) is 5.52 Å². The number of carbonyl (C=O) groups is 1. The SMILES string of the molecule is NNC(=O)c1c[nH]c2cccc([N+](=O)[O-])c12. The molecule has 0 aliphatic rings. The number of hydrogen-bond donors (Lipinski definition) is 3. The molecule has 0 atom stereocenters. The van der Waals surface area contributed by atoms with Crippen molar-refractivity contribution in [3.8, 4) is 0 Å². The Morgan fingerprint density at radius 3 is 2.88 bits per heavy atom. The van der Waals surface area contributed by atoms with Crippen LogP contribution in [0, 0.1) is 10.1 Å². The fourth-order valence-electron chi connectivity index (χ4n) is 1.57. The zero-order valence-electron chi connectivity index (χ0n) is 8.06. The number of nitrogens with one attached hydrogen (secondary N) is 2. The van der Waals surface area contributed by atoms with Gasteiger partial charge in [0.25, 0.3) is 11.6 Å². The summed E-state index contributed by atoms with van der Waals surface area (Å²) in [6, 6.07) is 4.53. The van der Waals surface area contributed by atoms with Gasteiger partial charge in [-0.3, -0.25) is 20.3 Å². The van der Waals surface area contributed by atoms with Gasteiger partial charge in [0.05, 0.1) is 21.4 Å². The summed E-state index contributed by atoms with van der Waals surface area (Å²) in [7, 11) is 0. The molecule has 0 aliphatic carbocycles. The maximum Gasteiger partial charge on any atom is 0.279 e.